The molecule has 0 radical (unpaired) electrons. The van der Waals surface area contributed by atoms with Crippen LogP contribution in [0.3, 0.4) is 0 Å². The van der Waals surface area contributed by atoms with E-state index in [1.165, 1.54) is 19.3 Å². The highest BCUT2D eigenvalue weighted by molar-refractivity contribution is 9.10. The summed E-state index contributed by atoms with van der Waals surface area (Å²) in [6, 6.07) is 4.00. The summed E-state index contributed by atoms with van der Waals surface area (Å²) in [5.41, 5.74) is 1.60. The number of halogens is 1. The highest BCUT2D eigenvalue weighted by atomic mass is 79.9. The summed E-state index contributed by atoms with van der Waals surface area (Å²) < 4.78 is 1.02. The minimum atomic E-state index is 0.955. The predicted molar refractivity (Wildman–Crippen MR) is 67.0 cm³/mol. The Morgan fingerprint density at radius 3 is 3.00 bits per heavy atom. The van der Waals surface area contributed by atoms with E-state index >= 15 is 0 Å². The third kappa shape index (κ3) is 3.34. The molecule has 0 saturated carbocycles. The summed E-state index contributed by atoms with van der Waals surface area (Å²) in [4.78, 5) is 4.26. The molecule has 3 heteroatoms. The Balaban J connectivity index is 1.75. The van der Waals surface area contributed by atoms with Gasteiger partial charge < -0.3 is 5.32 Å². The van der Waals surface area contributed by atoms with Crippen molar-refractivity contribution in [3.05, 3.63) is 34.5 Å². The molecule has 0 bridgehead atoms. The van der Waals surface area contributed by atoms with Crippen molar-refractivity contribution in [1.82, 2.24) is 4.98 Å². The summed E-state index contributed by atoms with van der Waals surface area (Å²) >= 11 is 3.37. The van der Waals surface area contributed by atoms with Gasteiger partial charge in [-0.2, -0.15) is 0 Å². The molecule has 0 aromatic carbocycles. The SMILES string of the molecule is Brc1ccc(NCCC2=CCCC2)nc1. The number of rotatable bonds is 4. The second kappa shape index (κ2) is 5.31. The summed E-state index contributed by atoms with van der Waals surface area (Å²) in [7, 11) is 0. The quantitative estimate of drug-likeness (QED) is 0.840. The van der Waals surface area contributed by atoms with E-state index in [2.05, 4.69) is 32.3 Å². The molecule has 2 nitrogen and oxygen atoms in total. The number of pyridine rings is 1. The monoisotopic (exact) mass is 266 g/mol. The summed E-state index contributed by atoms with van der Waals surface area (Å²) in [6.45, 7) is 0.987. The Bertz CT molecular complexity index is 343. The van der Waals surface area contributed by atoms with Crippen molar-refractivity contribution in [1.29, 1.82) is 0 Å². The maximum atomic E-state index is 4.26. The van der Waals surface area contributed by atoms with Crippen LogP contribution in [0.25, 0.3) is 0 Å². The van der Waals surface area contributed by atoms with Crippen LogP contribution in [0.1, 0.15) is 25.7 Å². The van der Waals surface area contributed by atoms with Gasteiger partial charge in [-0.05, 0) is 53.7 Å². The molecule has 80 valence electrons. The molecule has 1 aromatic heterocycles. The van der Waals surface area contributed by atoms with Gasteiger partial charge in [0.2, 0.25) is 0 Å². The van der Waals surface area contributed by atoms with Crippen LogP contribution < -0.4 is 5.32 Å². The number of nitrogens with zero attached hydrogens (tertiary/aromatic N) is 1. The maximum absolute atomic E-state index is 4.26. The van der Waals surface area contributed by atoms with Gasteiger partial charge in [0.15, 0.2) is 0 Å². The van der Waals surface area contributed by atoms with Gasteiger partial charge in [0.05, 0.1) is 0 Å². The van der Waals surface area contributed by atoms with Crippen molar-refractivity contribution in [3.63, 3.8) is 0 Å². The van der Waals surface area contributed by atoms with E-state index < -0.39 is 0 Å². The van der Waals surface area contributed by atoms with Gasteiger partial charge >= 0.3 is 0 Å². The first kappa shape index (κ1) is 10.7. The zero-order valence-corrected chi connectivity index (χ0v) is 10.3. The van der Waals surface area contributed by atoms with Crippen molar-refractivity contribution in [2.24, 2.45) is 0 Å². The minimum absolute atomic E-state index is 0.955. The molecule has 0 saturated heterocycles. The molecule has 1 aliphatic rings. The van der Waals surface area contributed by atoms with Crippen LogP contribution in [0.4, 0.5) is 5.82 Å². The molecule has 15 heavy (non-hydrogen) atoms. The first-order valence-electron chi connectivity index (χ1n) is 5.38. The van der Waals surface area contributed by atoms with Crippen LogP contribution in [0.15, 0.2) is 34.5 Å². The average Bonchev–Trinajstić information content (AvgIpc) is 2.74. The number of aromatic nitrogens is 1. The number of anilines is 1. The van der Waals surface area contributed by atoms with Gasteiger partial charge in [-0.25, -0.2) is 4.98 Å². The molecular formula is C12H15BrN2. The lowest BCUT2D eigenvalue weighted by Crippen LogP contribution is -2.03. The molecule has 0 atom stereocenters. The average molecular weight is 267 g/mol. The molecule has 2 rings (SSSR count). The normalized spacial score (nSPS) is 15.1. The van der Waals surface area contributed by atoms with Gasteiger partial charge in [-0.15, -0.1) is 0 Å². The third-order valence-corrected chi connectivity index (χ3v) is 3.08. The lowest BCUT2D eigenvalue weighted by Gasteiger charge is -2.05. The van der Waals surface area contributed by atoms with Crippen molar-refractivity contribution in [3.8, 4) is 0 Å². The van der Waals surface area contributed by atoms with Crippen LogP contribution in [0, 0.1) is 0 Å². The number of hydrogen-bond acceptors (Lipinski definition) is 2. The first-order valence-corrected chi connectivity index (χ1v) is 6.17. The topological polar surface area (TPSA) is 24.9 Å². The highest BCUT2D eigenvalue weighted by Crippen LogP contribution is 2.20. The van der Waals surface area contributed by atoms with E-state index in [-0.39, 0.29) is 0 Å². The Hall–Kier alpha value is -0.830. The van der Waals surface area contributed by atoms with E-state index in [1.54, 1.807) is 5.57 Å². The van der Waals surface area contributed by atoms with E-state index in [9.17, 15) is 0 Å². The highest BCUT2D eigenvalue weighted by Gasteiger charge is 2.03. The standard InChI is InChI=1S/C12H15BrN2/c13-11-5-6-12(15-9-11)14-8-7-10-3-1-2-4-10/h3,5-6,9H,1-2,4,7-8H2,(H,14,15). The van der Waals surface area contributed by atoms with Gasteiger partial charge in [-0.3, -0.25) is 0 Å². The Morgan fingerprint density at radius 2 is 2.33 bits per heavy atom. The predicted octanol–water partition coefficient (Wildman–Crippen LogP) is 3.76. The van der Waals surface area contributed by atoms with Crippen molar-refractivity contribution in [2.45, 2.75) is 25.7 Å². The summed E-state index contributed by atoms with van der Waals surface area (Å²) in [6.07, 6.45) is 9.23. The van der Waals surface area contributed by atoms with Crippen LogP contribution in [0.5, 0.6) is 0 Å². The van der Waals surface area contributed by atoms with E-state index in [0.717, 1.165) is 23.3 Å². The van der Waals surface area contributed by atoms with E-state index in [4.69, 9.17) is 0 Å². The van der Waals surface area contributed by atoms with Crippen molar-refractivity contribution < 1.29 is 0 Å². The van der Waals surface area contributed by atoms with Gasteiger partial charge in [-0.1, -0.05) is 11.6 Å². The Morgan fingerprint density at radius 1 is 1.40 bits per heavy atom. The van der Waals surface area contributed by atoms with Crippen LogP contribution in [-0.4, -0.2) is 11.5 Å². The van der Waals surface area contributed by atoms with Gasteiger partial charge in [0.1, 0.15) is 5.82 Å². The van der Waals surface area contributed by atoms with E-state index in [1.807, 2.05) is 18.3 Å². The number of hydrogen-bond donors (Lipinski definition) is 1. The zero-order chi connectivity index (χ0) is 10.5. The van der Waals surface area contributed by atoms with Crippen molar-refractivity contribution >= 4 is 21.7 Å². The smallest absolute Gasteiger partial charge is 0.125 e. The summed E-state index contributed by atoms with van der Waals surface area (Å²) in [5, 5.41) is 3.33. The fourth-order valence-corrected chi connectivity index (χ4v) is 2.03. The van der Waals surface area contributed by atoms with Gasteiger partial charge in [0, 0.05) is 17.2 Å². The summed E-state index contributed by atoms with van der Waals surface area (Å²) in [5.74, 6) is 0.955. The molecule has 0 amide bonds. The lowest BCUT2D eigenvalue weighted by molar-refractivity contribution is 0.862. The fourth-order valence-electron chi connectivity index (χ4n) is 1.80. The largest absolute Gasteiger partial charge is 0.370 e. The fraction of sp³-hybridized carbons (Fsp3) is 0.417. The molecule has 1 aromatic rings. The molecule has 0 fully saturated rings. The molecule has 1 aliphatic carbocycles. The molecular weight excluding hydrogens is 252 g/mol. The Labute approximate surface area is 98.9 Å². The second-order valence-corrected chi connectivity index (χ2v) is 4.71. The van der Waals surface area contributed by atoms with Crippen LogP contribution in [-0.2, 0) is 0 Å². The third-order valence-electron chi connectivity index (χ3n) is 2.61. The molecule has 1 N–H and O–H groups in total. The Kier molecular flexibility index (Phi) is 3.78. The molecule has 1 heterocycles. The maximum Gasteiger partial charge on any atom is 0.125 e. The van der Waals surface area contributed by atoms with Crippen LogP contribution in [0.2, 0.25) is 0 Å². The lowest BCUT2D eigenvalue weighted by atomic mass is 10.2. The van der Waals surface area contributed by atoms with Crippen molar-refractivity contribution in [2.75, 3.05) is 11.9 Å². The zero-order valence-electron chi connectivity index (χ0n) is 8.67. The van der Waals surface area contributed by atoms with Gasteiger partial charge in [0.25, 0.3) is 0 Å². The van der Waals surface area contributed by atoms with E-state index in [0.29, 0.717) is 0 Å². The number of allylic oxidation sites excluding steroid dienone is 1. The minimum Gasteiger partial charge on any atom is -0.370 e. The molecule has 0 spiro atoms. The first-order chi connectivity index (χ1) is 7.34. The molecule has 0 aliphatic heterocycles. The second-order valence-electron chi connectivity index (χ2n) is 3.79. The van der Waals surface area contributed by atoms with Crippen LogP contribution >= 0.6 is 15.9 Å². The number of nitrogens with one attached hydrogen (secondary N) is 1. The molecule has 0 unspecified atom stereocenters.